The van der Waals surface area contributed by atoms with Crippen molar-refractivity contribution >= 4 is 29.2 Å². The number of anilines is 1. The van der Waals surface area contributed by atoms with Gasteiger partial charge in [-0.3, -0.25) is 9.69 Å². The summed E-state index contributed by atoms with van der Waals surface area (Å²) in [6, 6.07) is 14.4. The fourth-order valence-corrected chi connectivity index (χ4v) is 3.99. The number of hydrogen-bond donors (Lipinski definition) is 1. The summed E-state index contributed by atoms with van der Waals surface area (Å²) in [6.07, 6.45) is 1.42. The van der Waals surface area contributed by atoms with E-state index in [-0.39, 0.29) is 18.4 Å². The summed E-state index contributed by atoms with van der Waals surface area (Å²) in [7, 11) is 0. The Morgan fingerprint density at radius 1 is 1.18 bits per heavy atom. The Bertz CT molecular complexity index is 1110. The van der Waals surface area contributed by atoms with Gasteiger partial charge in [0.1, 0.15) is 0 Å². The molecular formula is C24H25ClN4O4. The normalized spacial score (nSPS) is 14.7. The molecule has 1 aliphatic heterocycles. The number of piperidine rings is 1. The Labute approximate surface area is 196 Å². The number of aromatic nitrogens is 2. The maximum atomic E-state index is 12.7. The molecule has 1 aromatic heterocycles. The number of ether oxygens (including phenoxy) is 1. The molecule has 9 heteroatoms. The van der Waals surface area contributed by atoms with Crippen LogP contribution < -0.4 is 5.32 Å². The SMILES string of the molecule is CCOC(=O)c1ccc(NC(=O)C2CCN(Cc3nc(-c4ccccc4)no3)CC2)c(Cl)c1. The molecule has 2 aromatic carbocycles. The van der Waals surface area contributed by atoms with Crippen LogP contribution in [-0.2, 0) is 16.1 Å². The Balaban J connectivity index is 1.28. The van der Waals surface area contributed by atoms with Crippen molar-refractivity contribution in [2.75, 3.05) is 25.0 Å². The lowest BCUT2D eigenvalue weighted by Gasteiger charge is -2.30. The Kier molecular flexibility index (Phi) is 7.36. The monoisotopic (exact) mass is 468 g/mol. The molecule has 0 aliphatic carbocycles. The molecule has 1 amide bonds. The maximum absolute atomic E-state index is 12.7. The minimum absolute atomic E-state index is 0.0791. The predicted molar refractivity (Wildman–Crippen MR) is 124 cm³/mol. The van der Waals surface area contributed by atoms with Gasteiger partial charge in [-0.15, -0.1) is 0 Å². The minimum Gasteiger partial charge on any atom is -0.462 e. The lowest BCUT2D eigenvalue weighted by molar-refractivity contribution is -0.121. The molecule has 0 unspecified atom stereocenters. The van der Waals surface area contributed by atoms with Gasteiger partial charge in [0.05, 0.1) is 29.4 Å². The number of nitrogens with one attached hydrogen (secondary N) is 1. The molecular weight excluding hydrogens is 444 g/mol. The van der Waals surface area contributed by atoms with Gasteiger partial charge < -0.3 is 14.6 Å². The van der Waals surface area contributed by atoms with Gasteiger partial charge in [-0.2, -0.15) is 4.98 Å². The molecule has 8 nitrogen and oxygen atoms in total. The average Bonchev–Trinajstić information content (AvgIpc) is 3.30. The Hall–Kier alpha value is -3.23. The van der Waals surface area contributed by atoms with Crippen molar-refractivity contribution in [3.8, 4) is 11.4 Å². The first-order valence-corrected chi connectivity index (χ1v) is 11.3. The first-order valence-electron chi connectivity index (χ1n) is 10.9. The van der Waals surface area contributed by atoms with E-state index in [1.165, 1.54) is 6.07 Å². The number of hydrogen-bond acceptors (Lipinski definition) is 7. The summed E-state index contributed by atoms with van der Waals surface area (Å²) in [5.74, 6) is 0.493. The van der Waals surface area contributed by atoms with Crippen LogP contribution in [0.2, 0.25) is 5.02 Å². The lowest BCUT2D eigenvalue weighted by atomic mass is 9.96. The van der Waals surface area contributed by atoms with Crippen molar-refractivity contribution in [2.24, 2.45) is 5.92 Å². The highest BCUT2D eigenvalue weighted by Crippen LogP contribution is 2.26. The van der Waals surface area contributed by atoms with E-state index in [1.807, 2.05) is 30.3 Å². The molecule has 4 rings (SSSR count). The number of rotatable bonds is 7. The van der Waals surface area contributed by atoms with E-state index in [0.717, 1.165) is 18.7 Å². The van der Waals surface area contributed by atoms with Crippen molar-refractivity contribution in [1.82, 2.24) is 15.0 Å². The summed E-state index contributed by atoms with van der Waals surface area (Å²) in [5.41, 5.74) is 1.75. The summed E-state index contributed by atoms with van der Waals surface area (Å²) in [6.45, 7) is 4.07. The summed E-state index contributed by atoms with van der Waals surface area (Å²) in [5, 5.41) is 7.24. The number of esters is 1. The van der Waals surface area contributed by atoms with Gasteiger partial charge in [-0.25, -0.2) is 4.79 Å². The minimum atomic E-state index is -0.443. The lowest BCUT2D eigenvalue weighted by Crippen LogP contribution is -2.37. The van der Waals surface area contributed by atoms with Gasteiger partial charge >= 0.3 is 5.97 Å². The molecule has 0 atom stereocenters. The van der Waals surface area contributed by atoms with Gasteiger partial charge in [-0.1, -0.05) is 47.1 Å². The topological polar surface area (TPSA) is 97.6 Å². The molecule has 3 aromatic rings. The second-order valence-corrected chi connectivity index (χ2v) is 8.24. The number of benzene rings is 2. The third kappa shape index (κ3) is 5.77. The smallest absolute Gasteiger partial charge is 0.338 e. The van der Waals surface area contributed by atoms with Gasteiger partial charge in [0, 0.05) is 11.5 Å². The molecule has 0 bridgehead atoms. The highest BCUT2D eigenvalue weighted by atomic mass is 35.5. The van der Waals surface area contributed by atoms with Crippen LogP contribution in [0.1, 0.15) is 36.0 Å². The maximum Gasteiger partial charge on any atom is 0.338 e. The van der Waals surface area contributed by atoms with Crippen molar-refractivity contribution in [2.45, 2.75) is 26.3 Å². The number of halogens is 1. The van der Waals surface area contributed by atoms with Crippen LogP contribution in [-0.4, -0.2) is 46.6 Å². The van der Waals surface area contributed by atoms with E-state index < -0.39 is 5.97 Å². The van der Waals surface area contributed by atoms with E-state index in [4.69, 9.17) is 20.9 Å². The van der Waals surface area contributed by atoms with Gasteiger partial charge in [0.2, 0.25) is 17.6 Å². The molecule has 0 spiro atoms. The highest BCUT2D eigenvalue weighted by molar-refractivity contribution is 6.34. The quantitative estimate of drug-likeness (QED) is 0.512. The van der Waals surface area contributed by atoms with Gasteiger partial charge in [-0.05, 0) is 51.1 Å². The van der Waals surface area contributed by atoms with Crippen LogP contribution in [0.5, 0.6) is 0 Å². The van der Waals surface area contributed by atoms with E-state index >= 15 is 0 Å². The molecule has 1 N–H and O–H groups in total. The number of carbonyl (C=O) groups is 2. The molecule has 2 heterocycles. The fourth-order valence-electron chi connectivity index (χ4n) is 3.76. The summed E-state index contributed by atoms with van der Waals surface area (Å²) in [4.78, 5) is 31.3. The van der Waals surface area contributed by atoms with Gasteiger partial charge in [0.15, 0.2) is 0 Å². The average molecular weight is 469 g/mol. The van der Waals surface area contributed by atoms with Gasteiger partial charge in [0.25, 0.3) is 0 Å². The Morgan fingerprint density at radius 3 is 2.64 bits per heavy atom. The standard InChI is InChI=1S/C24H25ClN4O4/c1-2-32-24(31)18-8-9-20(19(25)14-18)26-23(30)17-10-12-29(13-11-17)15-21-27-22(28-33-21)16-6-4-3-5-7-16/h3-9,14,17H,2,10-13,15H2,1H3,(H,26,30). The van der Waals surface area contributed by atoms with Crippen molar-refractivity contribution in [3.05, 3.63) is 65.0 Å². The van der Waals surface area contributed by atoms with Crippen LogP contribution in [0.4, 0.5) is 5.69 Å². The number of carbonyl (C=O) groups excluding carboxylic acids is 2. The summed E-state index contributed by atoms with van der Waals surface area (Å²) < 4.78 is 10.4. The first kappa shape index (κ1) is 22.9. The molecule has 33 heavy (non-hydrogen) atoms. The number of likely N-dealkylation sites (tertiary alicyclic amines) is 1. The second-order valence-electron chi connectivity index (χ2n) is 7.83. The molecule has 172 valence electrons. The third-order valence-electron chi connectivity index (χ3n) is 5.56. The predicted octanol–water partition coefficient (Wildman–Crippen LogP) is 4.42. The van der Waals surface area contributed by atoms with Crippen LogP contribution in [0, 0.1) is 5.92 Å². The highest BCUT2D eigenvalue weighted by Gasteiger charge is 2.26. The molecule has 0 saturated carbocycles. The zero-order valence-electron chi connectivity index (χ0n) is 18.3. The first-order chi connectivity index (χ1) is 16.0. The van der Waals surface area contributed by atoms with E-state index in [2.05, 4.69) is 20.4 Å². The van der Waals surface area contributed by atoms with Crippen molar-refractivity contribution < 1.29 is 18.8 Å². The van der Waals surface area contributed by atoms with Crippen molar-refractivity contribution in [3.63, 3.8) is 0 Å². The number of nitrogens with zero attached hydrogens (tertiary/aromatic N) is 3. The Morgan fingerprint density at radius 2 is 1.94 bits per heavy atom. The second kappa shape index (κ2) is 10.6. The molecule has 0 radical (unpaired) electrons. The van der Waals surface area contributed by atoms with Crippen LogP contribution in [0.25, 0.3) is 11.4 Å². The van der Waals surface area contributed by atoms with Crippen LogP contribution >= 0.6 is 11.6 Å². The summed E-state index contributed by atoms with van der Waals surface area (Å²) >= 11 is 6.26. The van der Waals surface area contributed by atoms with Crippen LogP contribution in [0.3, 0.4) is 0 Å². The zero-order valence-corrected chi connectivity index (χ0v) is 19.0. The van der Waals surface area contributed by atoms with Crippen molar-refractivity contribution in [1.29, 1.82) is 0 Å². The largest absolute Gasteiger partial charge is 0.462 e. The zero-order chi connectivity index (χ0) is 23.2. The molecule has 1 aliphatic rings. The molecule has 1 fully saturated rings. The third-order valence-corrected chi connectivity index (χ3v) is 5.87. The van der Waals surface area contributed by atoms with E-state index in [1.54, 1.807) is 19.1 Å². The molecule has 1 saturated heterocycles. The van der Waals surface area contributed by atoms with E-state index in [0.29, 0.717) is 47.4 Å². The van der Waals surface area contributed by atoms with Crippen LogP contribution in [0.15, 0.2) is 53.1 Å². The number of amides is 1. The van der Waals surface area contributed by atoms with E-state index in [9.17, 15) is 9.59 Å². The fraction of sp³-hybridized carbons (Fsp3) is 0.333.